The summed E-state index contributed by atoms with van der Waals surface area (Å²) in [5, 5.41) is 2.69. The predicted octanol–water partition coefficient (Wildman–Crippen LogP) is 1.71. The average molecular weight is 470 g/mol. The highest BCUT2D eigenvalue weighted by atomic mass is 32.2. The van der Waals surface area contributed by atoms with E-state index in [2.05, 4.69) is 5.32 Å². The Morgan fingerprint density at radius 1 is 1.16 bits per heavy atom. The Morgan fingerprint density at radius 3 is 2.47 bits per heavy atom. The van der Waals surface area contributed by atoms with E-state index in [0.717, 1.165) is 5.56 Å². The molecule has 4 rings (SSSR count). The van der Waals surface area contributed by atoms with Crippen LogP contribution in [0.3, 0.4) is 0 Å². The van der Waals surface area contributed by atoms with Crippen molar-refractivity contribution >= 4 is 16.0 Å². The lowest BCUT2D eigenvalue weighted by atomic mass is 10.0. The standard InChI is InChI=1S/C22H31NO8S/c1-13-18(24)23-19(13)29-16-15(28-20-17(16)30-22(4,5)31-20)12-27-32(25,26)21(2,3)11-14-9-7-6-8-10-14/h6-10,13,15-17,19-20H,11-12H2,1-5H3,(H,23,24)/t13-,15-,16+,17-,19-,20-/m1/s1. The van der Waals surface area contributed by atoms with Crippen LogP contribution in [0.2, 0.25) is 0 Å². The zero-order valence-corrected chi connectivity index (χ0v) is 19.8. The summed E-state index contributed by atoms with van der Waals surface area (Å²) in [7, 11) is -3.94. The van der Waals surface area contributed by atoms with Gasteiger partial charge >= 0.3 is 0 Å². The number of nitrogens with one attached hydrogen (secondary N) is 1. The van der Waals surface area contributed by atoms with Gasteiger partial charge in [-0.1, -0.05) is 30.3 Å². The molecule has 10 heteroatoms. The van der Waals surface area contributed by atoms with Gasteiger partial charge in [-0.15, -0.1) is 0 Å². The van der Waals surface area contributed by atoms with Crippen molar-refractivity contribution in [3.63, 3.8) is 0 Å². The summed E-state index contributed by atoms with van der Waals surface area (Å²) in [4.78, 5) is 11.6. The minimum Gasteiger partial charge on any atom is -0.349 e. The Labute approximate surface area is 188 Å². The van der Waals surface area contributed by atoms with Crippen LogP contribution in [0.25, 0.3) is 0 Å². The van der Waals surface area contributed by atoms with Gasteiger partial charge in [0.2, 0.25) is 5.91 Å². The molecule has 3 fully saturated rings. The normalized spacial score (nSPS) is 34.1. The van der Waals surface area contributed by atoms with E-state index in [1.165, 1.54) is 0 Å². The number of benzene rings is 1. The highest BCUT2D eigenvalue weighted by molar-refractivity contribution is 7.88. The Kier molecular flexibility index (Phi) is 6.15. The van der Waals surface area contributed by atoms with Gasteiger partial charge < -0.3 is 24.3 Å². The fourth-order valence-electron chi connectivity index (χ4n) is 4.10. The number of carbonyl (C=O) groups excluding carboxylic acids is 1. The topological polar surface area (TPSA) is 109 Å². The second kappa shape index (κ2) is 8.34. The summed E-state index contributed by atoms with van der Waals surface area (Å²) in [5.74, 6) is -1.28. The summed E-state index contributed by atoms with van der Waals surface area (Å²) in [6.07, 6.45) is -2.89. The predicted molar refractivity (Wildman–Crippen MR) is 114 cm³/mol. The first kappa shape index (κ1) is 23.6. The first-order valence-electron chi connectivity index (χ1n) is 10.8. The van der Waals surface area contributed by atoms with E-state index in [1.54, 1.807) is 34.6 Å². The highest BCUT2D eigenvalue weighted by Crippen LogP contribution is 2.40. The number of hydrogen-bond donors (Lipinski definition) is 1. The van der Waals surface area contributed by atoms with Crippen molar-refractivity contribution in [2.24, 2.45) is 5.92 Å². The third-order valence-corrected chi connectivity index (χ3v) is 8.02. The lowest BCUT2D eigenvalue weighted by molar-refractivity contribution is -0.230. The van der Waals surface area contributed by atoms with Gasteiger partial charge in [0.1, 0.15) is 24.5 Å². The van der Waals surface area contributed by atoms with Crippen molar-refractivity contribution in [1.82, 2.24) is 5.32 Å². The molecular formula is C22H31NO8S. The molecule has 0 bridgehead atoms. The van der Waals surface area contributed by atoms with Gasteiger partial charge in [-0.25, -0.2) is 0 Å². The monoisotopic (exact) mass is 469 g/mol. The largest absolute Gasteiger partial charge is 0.349 e. The van der Waals surface area contributed by atoms with Crippen LogP contribution in [-0.2, 0) is 44.5 Å². The molecule has 178 valence electrons. The Hall–Kier alpha value is -1.56. The summed E-state index contributed by atoms with van der Waals surface area (Å²) in [5.41, 5.74) is 0.899. The van der Waals surface area contributed by atoms with Gasteiger partial charge in [-0.05, 0) is 46.6 Å². The molecule has 1 aromatic carbocycles. The van der Waals surface area contributed by atoms with E-state index in [1.807, 2.05) is 30.3 Å². The SMILES string of the molecule is C[C@@H]1C(=O)N[C@@H]1O[C@@H]1[C@H]2OC(C)(C)O[C@H]2O[C@@H]1COS(=O)(=O)C(C)(C)Cc1ccccc1. The van der Waals surface area contributed by atoms with Crippen molar-refractivity contribution in [2.45, 2.75) is 82.4 Å². The Balaban J connectivity index is 1.44. The molecular weight excluding hydrogens is 438 g/mol. The van der Waals surface area contributed by atoms with Gasteiger partial charge in [-0.3, -0.25) is 8.98 Å². The lowest BCUT2D eigenvalue weighted by Crippen LogP contribution is -2.60. The lowest BCUT2D eigenvalue weighted by Gasteiger charge is -2.38. The molecule has 1 aromatic rings. The molecule has 1 N–H and O–H groups in total. The van der Waals surface area contributed by atoms with E-state index in [0.29, 0.717) is 6.42 Å². The molecule has 0 aromatic heterocycles. The van der Waals surface area contributed by atoms with E-state index >= 15 is 0 Å². The molecule has 0 radical (unpaired) electrons. The van der Waals surface area contributed by atoms with E-state index < -0.39 is 51.5 Å². The summed E-state index contributed by atoms with van der Waals surface area (Å²) < 4.78 is 54.0. The van der Waals surface area contributed by atoms with Crippen molar-refractivity contribution in [1.29, 1.82) is 0 Å². The second-order valence-electron chi connectivity index (χ2n) is 9.62. The Bertz CT molecular complexity index is 948. The first-order chi connectivity index (χ1) is 14.9. The summed E-state index contributed by atoms with van der Waals surface area (Å²) in [6.45, 7) is 8.31. The van der Waals surface area contributed by atoms with Crippen LogP contribution in [0, 0.1) is 5.92 Å². The molecule has 0 saturated carbocycles. The maximum atomic E-state index is 13.0. The van der Waals surface area contributed by atoms with Crippen molar-refractivity contribution in [3.8, 4) is 0 Å². The molecule has 0 aliphatic carbocycles. The highest BCUT2D eigenvalue weighted by Gasteiger charge is 2.57. The van der Waals surface area contributed by atoms with Crippen LogP contribution in [0.15, 0.2) is 30.3 Å². The second-order valence-corrected chi connectivity index (χ2v) is 11.9. The third-order valence-electron chi connectivity index (χ3n) is 6.08. The van der Waals surface area contributed by atoms with Crippen LogP contribution in [-0.4, -0.2) is 62.3 Å². The van der Waals surface area contributed by atoms with E-state index in [9.17, 15) is 13.2 Å². The molecule has 1 amide bonds. The molecule has 6 atom stereocenters. The van der Waals surface area contributed by atoms with E-state index in [-0.39, 0.29) is 18.4 Å². The number of rotatable bonds is 8. The molecule has 3 aliphatic rings. The minimum atomic E-state index is -3.94. The molecule has 3 aliphatic heterocycles. The van der Waals surface area contributed by atoms with Crippen LogP contribution in [0.4, 0.5) is 0 Å². The fraction of sp³-hybridized carbons (Fsp3) is 0.682. The zero-order chi connectivity index (χ0) is 23.3. The maximum absolute atomic E-state index is 13.0. The van der Waals surface area contributed by atoms with Crippen molar-refractivity contribution in [3.05, 3.63) is 35.9 Å². The molecule has 9 nitrogen and oxygen atoms in total. The van der Waals surface area contributed by atoms with Gasteiger partial charge in [-0.2, -0.15) is 8.42 Å². The number of amides is 1. The van der Waals surface area contributed by atoms with Crippen molar-refractivity contribution < 1.29 is 36.3 Å². The summed E-state index contributed by atoms with van der Waals surface area (Å²) >= 11 is 0. The van der Waals surface area contributed by atoms with Gasteiger partial charge in [0.25, 0.3) is 10.1 Å². The Morgan fingerprint density at radius 2 is 1.84 bits per heavy atom. The minimum absolute atomic E-state index is 0.104. The van der Waals surface area contributed by atoms with Crippen LogP contribution >= 0.6 is 0 Å². The van der Waals surface area contributed by atoms with Crippen LogP contribution in [0.5, 0.6) is 0 Å². The number of carbonyl (C=O) groups is 1. The van der Waals surface area contributed by atoms with Gasteiger partial charge in [0, 0.05) is 0 Å². The fourth-order valence-corrected chi connectivity index (χ4v) is 5.07. The smallest absolute Gasteiger partial charge is 0.272 e. The number of ether oxygens (including phenoxy) is 4. The average Bonchev–Trinajstić information content (AvgIpc) is 3.18. The molecule has 32 heavy (non-hydrogen) atoms. The number of hydrogen-bond acceptors (Lipinski definition) is 8. The molecule has 3 saturated heterocycles. The molecule has 0 spiro atoms. The van der Waals surface area contributed by atoms with Crippen LogP contribution in [0.1, 0.15) is 40.2 Å². The number of β-lactam (4-membered cyclic amide) rings is 1. The summed E-state index contributed by atoms with van der Waals surface area (Å²) in [6, 6.07) is 9.38. The first-order valence-corrected chi connectivity index (χ1v) is 12.2. The third kappa shape index (κ3) is 4.57. The molecule has 0 unspecified atom stereocenters. The number of fused-ring (bicyclic) bond motifs is 1. The molecule has 3 heterocycles. The van der Waals surface area contributed by atoms with Gasteiger partial charge in [0.15, 0.2) is 12.1 Å². The zero-order valence-electron chi connectivity index (χ0n) is 18.9. The maximum Gasteiger partial charge on any atom is 0.272 e. The van der Waals surface area contributed by atoms with Crippen LogP contribution < -0.4 is 5.32 Å². The van der Waals surface area contributed by atoms with Gasteiger partial charge in [0.05, 0.1) is 17.3 Å². The van der Waals surface area contributed by atoms with E-state index in [4.69, 9.17) is 23.1 Å². The van der Waals surface area contributed by atoms with Crippen molar-refractivity contribution in [2.75, 3.05) is 6.61 Å². The quantitative estimate of drug-likeness (QED) is 0.453.